The van der Waals surface area contributed by atoms with Gasteiger partial charge >= 0.3 is 5.97 Å². The number of carboxylic acids is 1. The quantitative estimate of drug-likeness (QED) is 0.870. The average molecular weight is 301 g/mol. The van der Waals surface area contributed by atoms with E-state index in [1.807, 2.05) is 24.3 Å². The molecule has 22 heavy (non-hydrogen) atoms. The summed E-state index contributed by atoms with van der Waals surface area (Å²) in [7, 11) is 0. The number of hydrogen-bond donors (Lipinski definition) is 1. The van der Waals surface area contributed by atoms with Crippen LogP contribution in [0.4, 0.5) is 5.69 Å². The van der Waals surface area contributed by atoms with Crippen LogP contribution in [0.15, 0.2) is 24.3 Å². The van der Waals surface area contributed by atoms with E-state index in [2.05, 4.69) is 15.5 Å². The number of aryl methyl sites for hydroxylation is 1. The lowest BCUT2D eigenvalue weighted by Gasteiger charge is -2.29. The SMILES string of the molecule is O=C(O)Cc1nnnn1CC(=O)N1CCCc2ccccc21. The molecule has 0 saturated heterocycles. The summed E-state index contributed by atoms with van der Waals surface area (Å²) in [5.41, 5.74) is 2.05. The van der Waals surface area contributed by atoms with E-state index in [1.165, 1.54) is 4.68 Å². The van der Waals surface area contributed by atoms with Crippen molar-refractivity contribution >= 4 is 17.6 Å². The maximum absolute atomic E-state index is 12.5. The van der Waals surface area contributed by atoms with E-state index in [1.54, 1.807) is 4.90 Å². The Morgan fingerprint density at radius 3 is 2.91 bits per heavy atom. The predicted molar refractivity (Wildman–Crippen MR) is 76.3 cm³/mol. The highest BCUT2D eigenvalue weighted by Gasteiger charge is 2.23. The lowest BCUT2D eigenvalue weighted by molar-refractivity contribution is -0.136. The van der Waals surface area contributed by atoms with Gasteiger partial charge in [0, 0.05) is 12.2 Å². The molecule has 2 aromatic rings. The summed E-state index contributed by atoms with van der Waals surface area (Å²) in [6, 6.07) is 7.79. The van der Waals surface area contributed by atoms with Gasteiger partial charge in [0.1, 0.15) is 13.0 Å². The smallest absolute Gasteiger partial charge is 0.311 e. The molecule has 1 aliphatic rings. The van der Waals surface area contributed by atoms with Crippen molar-refractivity contribution in [3.63, 3.8) is 0 Å². The highest BCUT2D eigenvalue weighted by molar-refractivity contribution is 5.94. The number of hydrogen-bond acceptors (Lipinski definition) is 5. The normalized spacial score (nSPS) is 13.7. The molecule has 0 saturated carbocycles. The van der Waals surface area contributed by atoms with Gasteiger partial charge in [-0.3, -0.25) is 9.59 Å². The lowest BCUT2D eigenvalue weighted by Crippen LogP contribution is -2.38. The van der Waals surface area contributed by atoms with Crippen LogP contribution in [0.25, 0.3) is 0 Å². The summed E-state index contributed by atoms with van der Waals surface area (Å²) in [6.07, 6.45) is 1.55. The maximum atomic E-state index is 12.5. The van der Waals surface area contributed by atoms with E-state index in [0.29, 0.717) is 6.54 Å². The van der Waals surface area contributed by atoms with Crippen LogP contribution in [-0.4, -0.2) is 43.7 Å². The number of tetrazole rings is 1. The Morgan fingerprint density at radius 2 is 2.09 bits per heavy atom. The van der Waals surface area contributed by atoms with Crippen LogP contribution in [0.5, 0.6) is 0 Å². The molecule has 1 aromatic carbocycles. The molecule has 0 spiro atoms. The number of fused-ring (bicyclic) bond motifs is 1. The van der Waals surface area contributed by atoms with Crippen molar-refractivity contribution in [3.8, 4) is 0 Å². The fourth-order valence-electron chi connectivity index (χ4n) is 2.61. The highest BCUT2D eigenvalue weighted by Crippen LogP contribution is 2.26. The first-order valence-corrected chi connectivity index (χ1v) is 7.00. The predicted octanol–water partition coefficient (Wildman–Crippen LogP) is 0.280. The number of aromatic nitrogens is 4. The van der Waals surface area contributed by atoms with E-state index in [4.69, 9.17) is 5.11 Å². The third-order valence-corrected chi connectivity index (χ3v) is 3.61. The van der Waals surface area contributed by atoms with Crippen LogP contribution in [0.1, 0.15) is 17.8 Å². The topological polar surface area (TPSA) is 101 Å². The fourth-order valence-corrected chi connectivity index (χ4v) is 2.61. The lowest BCUT2D eigenvalue weighted by atomic mass is 10.0. The van der Waals surface area contributed by atoms with Gasteiger partial charge in [-0.05, 0) is 34.9 Å². The molecular formula is C14H15N5O3. The van der Waals surface area contributed by atoms with E-state index in [9.17, 15) is 9.59 Å². The van der Waals surface area contributed by atoms with Crippen LogP contribution in [-0.2, 0) is 29.0 Å². The molecular weight excluding hydrogens is 286 g/mol. The Hall–Kier alpha value is -2.77. The Kier molecular flexibility index (Phi) is 3.82. The number of benzene rings is 1. The molecule has 0 atom stereocenters. The first kappa shape index (κ1) is 14.2. The first-order valence-electron chi connectivity index (χ1n) is 7.00. The van der Waals surface area contributed by atoms with Crippen molar-refractivity contribution in [3.05, 3.63) is 35.7 Å². The molecule has 114 valence electrons. The third-order valence-electron chi connectivity index (χ3n) is 3.61. The monoisotopic (exact) mass is 301 g/mol. The summed E-state index contributed by atoms with van der Waals surface area (Å²) in [6.45, 7) is 0.580. The van der Waals surface area contributed by atoms with Crippen molar-refractivity contribution in [2.75, 3.05) is 11.4 Å². The van der Waals surface area contributed by atoms with Gasteiger partial charge in [-0.2, -0.15) is 0 Å². The molecule has 8 heteroatoms. The Labute approximate surface area is 126 Å². The third kappa shape index (κ3) is 2.80. The average Bonchev–Trinajstić information content (AvgIpc) is 2.93. The molecule has 0 radical (unpaired) electrons. The van der Waals surface area contributed by atoms with Gasteiger partial charge in [0.2, 0.25) is 5.91 Å². The number of para-hydroxylation sites is 1. The second kappa shape index (κ2) is 5.92. The van der Waals surface area contributed by atoms with Crippen molar-refractivity contribution in [1.82, 2.24) is 20.2 Å². The second-order valence-electron chi connectivity index (χ2n) is 5.10. The maximum Gasteiger partial charge on any atom is 0.311 e. The number of anilines is 1. The summed E-state index contributed by atoms with van der Waals surface area (Å²) >= 11 is 0. The van der Waals surface area contributed by atoms with E-state index >= 15 is 0 Å². The second-order valence-corrected chi connectivity index (χ2v) is 5.10. The Balaban J connectivity index is 1.79. The zero-order valence-corrected chi connectivity index (χ0v) is 11.8. The van der Waals surface area contributed by atoms with Crippen LogP contribution in [0, 0.1) is 0 Å². The zero-order valence-electron chi connectivity index (χ0n) is 11.8. The fraction of sp³-hybridized carbons (Fsp3) is 0.357. The van der Waals surface area contributed by atoms with Crippen LogP contribution in [0.3, 0.4) is 0 Å². The molecule has 1 N–H and O–H groups in total. The minimum absolute atomic E-state index is 0.0655. The van der Waals surface area contributed by atoms with Gasteiger partial charge < -0.3 is 10.0 Å². The molecule has 3 rings (SSSR count). The molecule has 0 unspecified atom stereocenters. The summed E-state index contributed by atoms with van der Waals surface area (Å²) in [4.78, 5) is 25.0. The van der Waals surface area contributed by atoms with E-state index in [0.717, 1.165) is 24.1 Å². The van der Waals surface area contributed by atoms with Gasteiger partial charge in [-0.1, -0.05) is 18.2 Å². The number of amides is 1. The summed E-state index contributed by atoms with van der Waals surface area (Å²) in [5, 5.41) is 19.6. The minimum atomic E-state index is -1.04. The Bertz CT molecular complexity index is 712. The van der Waals surface area contributed by atoms with Crippen LogP contribution < -0.4 is 4.90 Å². The highest BCUT2D eigenvalue weighted by atomic mass is 16.4. The summed E-state index contributed by atoms with van der Waals surface area (Å²) < 4.78 is 1.24. The van der Waals surface area contributed by atoms with E-state index in [-0.39, 0.29) is 24.7 Å². The largest absolute Gasteiger partial charge is 0.481 e. The molecule has 8 nitrogen and oxygen atoms in total. The van der Waals surface area contributed by atoms with Crippen molar-refractivity contribution in [2.45, 2.75) is 25.8 Å². The first-order chi connectivity index (χ1) is 10.6. The number of rotatable bonds is 4. The number of nitrogens with zero attached hydrogens (tertiary/aromatic N) is 5. The summed E-state index contributed by atoms with van der Waals surface area (Å²) in [5.74, 6) is -1.01. The number of carboxylic acid groups (broad SMARTS) is 1. The van der Waals surface area contributed by atoms with Gasteiger partial charge in [-0.15, -0.1) is 5.10 Å². The molecule has 0 aliphatic carbocycles. The molecule has 0 bridgehead atoms. The van der Waals surface area contributed by atoms with Crippen LogP contribution in [0.2, 0.25) is 0 Å². The molecule has 2 heterocycles. The molecule has 0 fully saturated rings. The number of aliphatic carboxylic acids is 1. The van der Waals surface area contributed by atoms with E-state index < -0.39 is 5.97 Å². The molecule has 1 aliphatic heterocycles. The van der Waals surface area contributed by atoms with Crippen molar-refractivity contribution < 1.29 is 14.7 Å². The van der Waals surface area contributed by atoms with Gasteiger partial charge in [0.05, 0.1) is 0 Å². The number of carbonyl (C=O) groups excluding carboxylic acids is 1. The minimum Gasteiger partial charge on any atom is -0.481 e. The van der Waals surface area contributed by atoms with Crippen LogP contribution >= 0.6 is 0 Å². The standard InChI is InChI=1S/C14H15N5O3/c20-13(9-19-12(8-14(21)22)15-16-17-19)18-7-3-5-10-4-1-2-6-11(10)18/h1-2,4,6H,3,5,7-9H2,(H,21,22). The number of carbonyl (C=O) groups is 2. The van der Waals surface area contributed by atoms with Gasteiger partial charge in [0.15, 0.2) is 5.82 Å². The van der Waals surface area contributed by atoms with Gasteiger partial charge in [-0.25, -0.2) is 4.68 Å². The zero-order chi connectivity index (χ0) is 15.5. The molecule has 1 aromatic heterocycles. The Morgan fingerprint density at radius 1 is 1.27 bits per heavy atom. The molecule has 1 amide bonds. The van der Waals surface area contributed by atoms with Crippen molar-refractivity contribution in [1.29, 1.82) is 0 Å². The van der Waals surface area contributed by atoms with Crippen molar-refractivity contribution in [2.24, 2.45) is 0 Å². The van der Waals surface area contributed by atoms with Gasteiger partial charge in [0.25, 0.3) is 0 Å².